The van der Waals surface area contributed by atoms with Crippen LogP contribution in [0.4, 0.5) is 0 Å². The summed E-state index contributed by atoms with van der Waals surface area (Å²) in [7, 11) is 0. The van der Waals surface area contributed by atoms with Crippen LogP contribution in [-0.4, -0.2) is 35.8 Å². The zero-order chi connectivity index (χ0) is 15.5. The van der Waals surface area contributed by atoms with Crippen LogP contribution < -0.4 is 5.32 Å². The van der Waals surface area contributed by atoms with Gasteiger partial charge in [-0.2, -0.15) is 0 Å². The Bertz CT molecular complexity index is 546. The van der Waals surface area contributed by atoms with Gasteiger partial charge in [0.2, 0.25) is 11.8 Å². The minimum atomic E-state index is 0.0364. The van der Waals surface area contributed by atoms with Gasteiger partial charge in [0.15, 0.2) is 0 Å². The Labute approximate surface area is 135 Å². The van der Waals surface area contributed by atoms with Gasteiger partial charge < -0.3 is 10.2 Å². The summed E-state index contributed by atoms with van der Waals surface area (Å²) in [6, 6.07) is 7.53. The van der Waals surface area contributed by atoms with E-state index in [0.29, 0.717) is 17.4 Å². The maximum atomic E-state index is 12.1. The van der Waals surface area contributed by atoms with E-state index >= 15 is 0 Å². The molecule has 118 valence electrons. The Kier molecular flexibility index (Phi) is 4.67. The third kappa shape index (κ3) is 4.01. The Morgan fingerprint density at radius 1 is 1.09 bits per heavy atom. The Morgan fingerprint density at radius 2 is 1.73 bits per heavy atom. The van der Waals surface area contributed by atoms with E-state index in [2.05, 4.69) is 5.32 Å². The van der Waals surface area contributed by atoms with Crippen LogP contribution in [0.3, 0.4) is 0 Å². The maximum absolute atomic E-state index is 12.1. The molecule has 1 aromatic rings. The van der Waals surface area contributed by atoms with Crippen molar-refractivity contribution in [1.82, 2.24) is 10.2 Å². The van der Waals surface area contributed by atoms with Gasteiger partial charge in [0.25, 0.3) is 0 Å². The molecular formula is C17H21ClN2O2. The Balaban J connectivity index is 1.43. The number of carbonyl (C=O) groups is 2. The van der Waals surface area contributed by atoms with Gasteiger partial charge in [-0.1, -0.05) is 23.7 Å². The molecule has 2 amide bonds. The van der Waals surface area contributed by atoms with E-state index < -0.39 is 0 Å². The normalized spacial score (nSPS) is 19.0. The lowest BCUT2D eigenvalue weighted by Crippen LogP contribution is -2.47. The molecule has 0 spiro atoms. The Morgan fingerprint density at radius 3 is 2.32 bits per heavy atom. The number of hydrogen-bond acceptors (Lipinski definition) is 2. The summed E-state index contributed by atoms with van der Waals surface area (Å²) in [4.78, 5) is 26.0. The average Bonchev–Trinajstić information content (AvgIpc) is 3.34. The number of rotatable bonds is 4. The highest BCUT2D eigenvalue weighted by molar-refractivity contribution is 6.30. The lowest BCUT2D eigenvalue weighted by Gasteiger charge is -2.32. The lowest BCUT2D eigenvalue weighted by molar-refractivity contribution is -0.133. The summed E-state index contributed by atoms with van der Waals surface area (Å²) in [5, 5.41) is 3.75. The highest BCUT2D eigenvalue weighted by Crippen LogP contribution is 2.31. The van der Waals surface area contributed by atoms with Crippen LogP contribution in [0.1, 0.15) is 31.2 Å². The number of halogens is 1. The van der Waals surface area contributed by atoms with Gasteiger partial charge in [-0.15, -0.1) is 0 Å². The van der Waals surface area contributed by atoms with Gasteiger partial charge in [0, 0.05) is 30.1 Å². The van der Waals surface area contributed by atoms with Gasteiger partial charge in [0.05, 0.1) is 6.42 Å². The van der Waals surface area contributed by atoms with Gasteiger partial charge in [-0.3, -0.25) is 9.59 Å². The predicted molar refractivity (Wildman–Crippen MR) is 85.6 cm³/mol. The second-order valence-corrected chi connectivity index (χ2v) is 6.68. The van der Waals surface area contributed by atoms with E-state index in [1.54, 1.807) is 12.1 Å². The summed E-state index contributed by atoms with van der Waals surface area (Å²) < 4.78 is 0. The zero-order valence-corrected chi connectivity index (χ0v) is 13.3. The molecule has 2 aliphatic rings. The van der Waals surface area contributed by atoms with Crippen molar-refractivity contribution in [2.45, 2.75) is 38.1 Å². The van der Waals surface area contributed by atoms with E-state index in [9.17, 15) is 9.59 Å². The smallest absolute Gasteiger partial charge is 0.225 e. The van der Waals surface area contributed by atoms with Crippen molar-refractivity contribution in [2.75, 3.05) is 13.1 Å². The average molecular weight is 321 g/mol. The lowest BCUT2D eigenvalue weighted by atomic mass is 10.0. The fraction of sp³-hybridized carbons (Fsp3) is 0.529. The van der Waals surface area contributed by atoms with Crippen molar-refractivity contribution in [1.29, 1.82) is 0 Å². The van der Waals surface area contributed by atoms with E-state index in [4.69, 9.17) is 11.6 Å². The van der Waals surface area contributed by atoms with Crippen LogP contribution in [0.25, 0.3) is 0 Å². The molecule has 4 nitrogen and oxygen atoms in total. The monoisotopic (exact) mass is 320 g/mol. The number of nitrogens with zero attached hydrogens (tertiary/aromatic N) is 1. The molecule has 0 unspecified atom stereocenters. The number of hydrogen-bond donors (Lipinski definition) is 1. The summed E-state index contributed by atoms with van der Waals surface area (Å²) >= 11 is 5.84. The molecule has 3 rings (SSSR count). The second-order valence-electron chi connectivity index (χ2n) is 6.24. The van der Waals surface area contributed by atoms with Crippen molar-refractivity contribution in [3.63, 3.8) is 0 Å². The maximum Gasteiger partial charge on any atom is 0.225 e. The van der Waals surface area contributed by atoms with E-state index in [0.717, 1.165) is 44.3 Å². The van der Waals surface area contributed by atoms with Crippen LogP contribution >= 0.6 is 11.6 Å². The largest absolute Gasteiger partial charge is 0.353 e. The molecule has 22 heavy (non-hydrogen) atoms. The van der Waals surface area contributed by atoms with E-state index in [1.807, 2.05) is 17.0 Å². The van der Waals surface area contributed by atoms with Gasteiger partial charge in [-0.05, 0) is 43.4 Å². The van der Waals surface area contributed by atoms with Gasteiger partial charge in [0.1, 0.15) is 0 Å². The van der Waals surface area contributed by atoms with Crippen LogP contribution in [0.15, 0.2) is 24.3 Å². The minimum absolute atomic E-state index is 0.0364. The molecule has 1 N–H and O–H groups in total. The molecular weight excluding hydrogens is 300 g/mol. The minimum Gasteiger partial charge on any atom is -0.353 e. The fourth-order valence-electron chi connectivity index (χ4n) is 2.90. The van der Waals surface area contributed by atoms with Crippen molar-refractivity contribution < 1.29 is 9.59 Å². The highest BCUT2D eigenvalue weighted by atomic mass is 35.5. The van der Waals surface area contributed by atoms with Crippen LogP contribution in [0.5, 0.6) is 0 Å². The SMILES string of the molecule is O=C(Cc1ccc(Cl)cc1)NC1CCN(C(=O)C2CC2)CC1. The third-order valence-electron chi connectivity index (χ3n) is 4.38. The van der Waals surface area contributed by atoms with E-state index in [1.165, 1.54) is 0 Å². The van der Waals surface area contributed by atoms with Gasteiger partial charge in [-0.25, -0.2) is 0 Å². The van der Waals surface area contributed by atoms with Crippen LogP contribution in [0.2, 0.25) is 5.02 Å². The van der Waals surface area contributed by atoms with Crippen molar-refractivity contribution in [3.05, 3.63) is 34.9 Å². The quantitative estimate of drug-likeness (QED) is 0.926. The number of likely N-dealkylation sites (tertiary alicyclic amines) is 1. The Hall–Kier alpha value is -1.55. The van der Waals surface area contributed by atoms with Crippen molar-refractivity contribution >= 4 is 23.4 Å². The second kappa shape index (κ2) is 6.69. The highest BCUT2D eigenvalue weighted by Gasteiger charge is 2.35. The molecule has 1 aromatic carbocycles. The topological polar surface area (TPSA) is 49.4 Å². The van der Waals surface area contributed by atoms with Crippen LogP contribution in [-0.2, 0) is 16.0 Å². The summed E-state index contributed by atoms with van der Waals surface area (Å²) in [6.07, 6.45) is 4.18. The standard InChI is InChI=1S/C17H21ClN2O2/c18-14-5-1-12(2-6-14)11-16(21)19-15-7-9-20(10-8-15)17(22)13-3-4-13/h1-2,5-6,13,15H,3-4,7-11H2,(H,19,21). The molecule has 1 heterocycles. The zero-order valence-electron chi connectivity index (χ0n) is 12.6. The number of amides is 2. The summed E-state index contributed by atoms with van der Waals surface area (Å²) in [6.45, 7) is 1.53. The fourth-order valence-corrected chi connectivity index (χ4v) is 3.03. The first-order chi connectivity index (χ1) is 10.6. The predicted octanol–water partition coefficient (Wildman–Crippen LogP) is 2.40. The summed E-state index contributed by atoms with van der Waals surface area (Å²) in [5.41, 5.74) is 0.961. The first kappa shape index (κ1) is 15.3. The summed E-state index contributed by atoms with van der Waals surface area (Å²) in [5.74, 6) is 0.635. The van der Waals surface area contributed by atoms with Gasteiger partial charge >= 0.3 is 0 Å². The first-order valence-corrected chi connectivity index (χ1v) is 8.32. The first-order valence-electron chi connectivity index (χ1n) is 7.94. The molecule has 1 aliphatic carbocycles. The molecule has 1 saturated heterocycles. The molecule has 0 radical (unpaired) electrons. The van der Waals surface area contributed by atoms with E-state index in [-0.39, 0.29) is 17.9 Å². The molecule has 5 heteroatoms. The number of nitrogens with one attached hydrogen (secondary N) is 1. The third-order valence-corrected chi connectivity index (χ3v) is 4.63. The molecule has 1 saturated carbocycles. The number of carbonyl (C=O) groups excluding carboxylic acids is 2. The molecule has 0 atom stereocenters. The van der Waals surface area contributed by atoms with Crippen LogP contribution in [0, 0.1) is 5.92 Å². The number of benzene rings is 1. The molecule has 0 bridgehead atoms. The molecule has 1 aliphatic heterocycles. The number of piperidine rings is 1. The van der Waals surface area contributed by atoms with Crippen molar-refractivity contribution in [3.8, 4) is 0 Å². The van der Waals surface area contributed by atoms with Crippen molar-refractivity contribution in [2.24, 2.45) is 5.92 Å². The molecule has 2 fully saturated rings. The molecule has 0 aromatic heterocycles.